The summed E-state index contributed by atoms with van der Waals surface area (Å²) in [6.07, 6.45) is 0. The van der Waals surface area contributed by atoms with Crippen LogP contribution in [0.2, 0.25) is 0 Å². The fraction of sp³-hybridized carbons (Fsp3) is 0.0870. The van der Waals surface area contributed by atoms with E-state index >= 15 is 0 Å². The van der Waals surface area contributed by atoms with Crippen LogP contribution in [0, 0.1) is 12.7 Å². The van der Waals surface area contributed by atoms with E-state index in [0.717, 1.165) is 11.1 Å². The summed E-state index contributed by atoms with van der Waals surface area (Å²) in [5.74, 6) is 0.632. The number of hydrogen-bond acceptors (Lipinski definition) is 5. The van der Waals surface area contributed by atoms with Crippen molar-refractivity contribution >= 4 is 11.6 Å². The second-order valence-corrected chi connectivity index (χ2v) is 6.61. The van der Waals surface area contributed by atoms with Crippen LogP contribution < -0.4 is 10.1 Å². The number of anilines is 1. The molecule has 0 unspecified atom stereocenters. The maximum Gasteiger partial charge on any atom is 0.262 e. The fourth-order valence-corrected chi connectivity index (χ4v) is 2.87. The molecule has 4 rings (SSSR count). The molecule has 0 aliphatic carbocycles. The summed E-state index contributed by atoms with van der Waals surface area (Å²) >= 11 is 0. The van der Waals surface area contributed by atoms with E-state index in [0.29, 0.717) is 28.7 Å². The van der Waals surface area contributed by atoms with Gasteiger partial charge in [0.05, 0.1) is 0 Å². The van der Waals surface area contributed by atoms with E-state index in [4.69, 9.17) is 9.26 Å². The highest BCUT2D eigenvalue weighted by atomic mass is 19.1. The molecule has 1 amide bonds. The lowest BCUT2D eigenvalue weighted by Crippen LogP contribution is -2.20. The molecule has 1 N–H and O–H groups in total. The van der Waals surface area contributed by atoms with Gasteiger partial charge in [0.25, 0.3) is 11.8 Å². The number of carbonyl (C=O) groups is 1. The SMILES string of the molecule is Cc1ccccc1-c1nc(-c2cccc(OCC(=O)Nc3ccc(F)cc3)c2)no1. The maximum absolute atomic E-state index is 12.9. The van der Waals surface area contributed by atoms with Crippen molar-refractivity contribution in [1.29, 1.82) is 0 Å². The number of halogens is 1. The highest BCUT2D eigenvalue weighted by molar-refractivity contribution is 5.91. The zero-order valence-electron chi connectivity index (χ0n) is 16.1. The Morgan fingerprint density at radius 2 is 1.87 bits per heavy atom. The van der Waals surface area contributed by atoms with Crippen LogP contribution >= 0.6 is 0 Å². The first-order chi connectivity index (χ1) is 14.6. The Labute approximate surface area is 172 Å². The molecule has 0 saturated carbocycles. The van der Waals surface area contributed by atoms with Gasteiger partial charge in [0.1, 0.15) is 11.6 Å². The first-order valence-electron chi connectivity index (χ1n) is 9.27. The van der Waals surface area contributed by atoms with Crippen LogP contribution in [-0.2, 0) is 4.79 Å². The highest BCUT2D eigenvalue weighted by Gasteiger charge is 2.13. The molecular formula is C23H18FN3O3. The molecule has 3 aromatic carbocycles. The van der Waals surface area contributed by atoms with Crippen molar-refractivity contribution in [3.63, 3.8) is 0 Å². The number of carbonyl (C=O) groups excluding carboxylic acids is 1. The van der Waals surface area contributed by atoms with Crippen molar-refractivity contribution in [2.75, 3.05) is 11.9 Å². The minimum atomic E-state index is -0.367. The number of nitrogens with zero attached hydrogens (tertiary/aromatic N) is 2. The predicted octanol–water partition coefficient (Wildman–Crippen LogP) is 4.87. The van der Waals surface area contributed by atoms with Crippen LogP contribution in [0.15, 0.2) is 77.3 Å². The standard InChI is InChI=1S/C23H18FN3O3/c1-15-5-2-3-8-20(15)23-26-22(27-30-23)16-6-4-7-19(13-16)29-14-21(28)25-18-11-9-17(24)10-12-18/h2-13H,14H2,1H3,(H,25,28). The van der Waals surface area contributed by atoms with Gasteiger partial charge in [-0.15, -0.1) is 0 Å². The molecule has 0 aliphatic heterocycles. The summed E-state index contributed by atoms with van der Waals surface area (Å²) in [4.78, 5) is 16.5. The van der Waals surface area contributed by atoms with Gasteiger partial charge >= 0.3 is 0 Å². The third-order valence-corrected chi connectivity index (χ3v) is 4.39. The van der Waals surface area contributed by atoms with Crippen molar-refractivity contribution in [2.45, 2.75) is 6.92 Å². The molecule has 4 aromatic rings. The van der Waals surface area contributed by atoms with Crippen LogP contribution in [0.4, 0.5) is 10.1 Å². The van der Waals surface area contributed by atoms with Crippen molar-refractivity contribution < 1.29 is 18.4 Å². The van der Waals surface area contributed by atoms with Gasteiger partial charge in [0.2, 0.25) is 5.82 Å². The summed E-state index contributed by atoms with van der Waals surface area (Å²) < 4.78 is 23.9. The van der Waals surface area contributed by atoms with Gasteiger partial charge in [-0.25, -0.2) is 4.39 Å². The number of amides is 1. The number of nitrogens with one attached hydrogen (secondary N) is 1. The van der Waals surface area contributed by atoms with Crippen molar-refractivity contribution in [3.8, 4) is 28.6 Å². The second kappa shape index (κ2) is 8.57. The normalized spacial score (nSPS) is 10.6. The highest BCUT2D eigenvalue weighted by Crippen LogP contribution is 2.26. The molecule has 0 spiro atoms. The number of ether oxygens (including phenoxy) is 1. The molecule has 0 aliphatic rings. The van der Waals surface area contributed by atoms with Crippen LogP contribution in [0.25, 0.3) is 22.8 Å². The lowest BCUT2D eigenvalue weighted by atomic mass is 10.1. The minimum absolute atomic E-state index is 0.193. The second-order valence-electron chi connectivity index (χ2n) is 6.61. The lowest BCUT2D eigenvalue weighted by Gasteiger charge is -2.08. The van der Waals surface area contributed by atoms with Crippen LogP contribution in [0.3, 0.4) is 0 Å². The Hall–Kier alpha value is -4.00. The van der Waals surface area contributed by atoms with E-state index in [-0.39, 0.29) is 18.3 Å². The summed E-state index contributed by atoms with van der Waals surface area (Å²) in [5.41, 5.74) is 3.11. The van der Waals surface area contributed by atoms with Gasteiger partial charge in [0, 0.05) is 16.8 Å². The first kappa shape index (κ1) is 19.3. The van der Waals surface area contributed by atoms with Crippen LogP contribution in [-0.4, -0.2) is 22.7 Å². The smallest absolute Gasteiger partial charge is 0.262 e. The Kier molecular flexibility index (Phi) is 5.52. The average Bonchev–Trinajstić information content (AvgIpc) is 3.25. The zero-order valence-corrected chi connectivity index (χ0v) is 16.1. The zero-order chi connectivity index (χ0) is 20.9. The number of hydrogen-bond donors (Lipinski definition) is 1. The molecular weight excluding hydrogens is 385 g/mol. The van der Waals surface area contributed by atoms with Crippen LogP contribution in [0.1, 0.15) is 5.56 Å². The number of rotatable bonds is 6. The van der Waals surface area contributed by atoms with Crippen molar-refractivity contribution in [1.82, 2.24) is 10.1 Å². The number of aryl methyl sites for hydroxylation is 1. The summed E-state index contributed by atoms with van der Waals surface area (Å²) in [6.45, 7) is 1.78. The molecule has 1 heterocycles. The van der Waals surface area contributed by atoms with Gasteiger partial charge in [-0.2, -0.15) is 4.98 Å². The largest absolute Gasteiger partial charge is 0.484 e. The molecule has 0 fully saturated rings. The molecule has 0 bridgehead atoms. The summed E-state index contributed by atoms with van der Waals surface area (Å²) in [6, 6.07) is 20.4. The molecule has 150 valence electrons. The molecule has 7 heteroatoms. The lowest BCUT2D eigenvalue weighted by molar-refractivity contribution is -0.118. The fourth-order valence-electron chi connectivity index (χ4n) is 2.87. The average molecular weight is 403 g/mol. The molecule has 30 heavy (non-hydrogen) atoms. The van der Waals surface area contributed by atoms with E-state index < -0.39 is 0 Å². The molecule has 0 radical (unpaired) electrons. The Balaban J connectivity index is 1.42. The number of aromatic nitrogens is 2. The Bertz CT molecular complexity index is 1170. The third kappa shape index (κ3) is 4.52. The van der Waals surface area contributed by atoms with Crippen molar-refractivity contribution in [2.24, 2.45) is 0 Å². The van der Waals surface area contributed by atoms with E-state index in [1.54, 1.807) is 18.2 Å². The minimum Gasteiger partial charge on any atom is -0.484 e. The Morgan fingerprint density at radius 1 is 1.07 bits per heavy atom. The first-order valence-corrected chi connectivity index (χ1v) is 9.27. The number of benzene rings is 3. The van der Waals surface area contributed by atoms with E-state index in [1.807, 2.05) is 37.3 Å². The maximum atomic E-state index is 12.9. The van der Waals surface area contributed by atoms with Crippen molar-refractivity contribution in [3.05, 3.63) is 84.2 Å². The van der Waals surface area contributed by atoms with E-state index in [1.165, 1.54) is 24.3 Å². The van der Waals surface area contributed by atoms with E-state index in [9.17, 15) is 9.18 Å². The summed E-state index contributed by atoms with van der Waals surface area (Å²) in [5, 5.41) is 6.69. The van der Waals surface area contributed by atoms with Gasteiger partial charge in [-0.05, 0) is 55.0 Å². The molecule has 0 atom stereocenters. The van der Waals surface area contributed by atoms with E-state index in [2.05, 4.69) is 15.5 Å². The van der Waals surface area contributed by atoms with Gasteiger partial charge in [-0.1, -0.05) is 35.5 Å². The monoisotopic (exact) mass is 403 g/mol. The topological polar surface area (TPSA) is 77.2 Å². The quantitative estimate of drug-likeness (QED) is 0.497. The third-order valence-electron chi connectivity index (χ3n) is 4.39. The molecule has 1 aromatic heterocycles. The summed E-state index contributed by atoms with van der Waals surface area (Å²) in [7, 11) is 0. The van der Waals surface area contributed by atoms with Gasteiger partial charge in [0.15, 0.2) is 6.61 Å². The predicted molar refractivity (Wildman–Crippen MR) is 110 cm³/mol. The van der Waals surface area contributed by atoms with Crippen LogP contribution in [0.5, 0.6) is 5.75 Å². The Morgan fingerprint density at radius 3 is 2.67 bits per heavy atom. The molecule has 0 saturated heterocycles. The van der Waals surface area contributed by atoms with Gasteiger partial charge < -0.3 is 14.6 Å². The van der Waals surface area contributed by atoms with Gasteiger partial charge in [-0.3, -0.25) is 4.79 Å². The molecule has 6 nitrogen and oxygen atoms in total.